The van der Waals surface area contributed by atoms with Gasteiger partial charge < -0.3 is 9.64 Å². The first-order chi connectivity index (χ1) is 12.5. The molecule has 1 aliphatic heterocycles. The number of rotatable bonds is 2. The third-order valence-electron chi connectivity index (χ3n) is 5.15. The van der Waals surface area contributed by atoms with Gasteiger partial charge in [-0.15, -0.1) is 0 Å². The summed E-state index contributed by atoms with van der Waals surface area (Å²) in [5.41, 5.74) is 4.86. The number of nitrogens with zero attached hydrogens (tertiary/aromatic N) is 2. The zero-order valence-electron chi connectivity index (χ0n) is 15.3. The van der Waals surface area contributed by atoms with Crippen LogP contribution in [-0.4, -0.2) is 40.2 Å². The predicted octanol–water partition coefficient (Wildman–Crippen LogP) is 3.78. The Hall–Kier alpha value is -2.66. The molecule has 1 fully saturated rings. The lowest BCUT2D eigenvalue weighted by molar-refractivity contribution is -0.0488. The standard InChI is InChI=1S/C21H23N3O2/c1-13-8-16-10-22-23-20(16)18(9-13)21(25)24-11-19(26-12-15(24)3)17-7-5-4-6-14(17)2/h4-10,15,19H,11-12H2,1-3H3,(H,22,23). The maximum Gasteiger partial charge on any atom is 0.256 e. The monoisotopic (exact) mass is 349 g/mol. The molecule has 0 radical (unpaired) electrons. The lowest BCUT2D eigenvalue weighted by Crippen LogP contribution is -2.48. The molecular weight excluding hydrogens is 326 g/mol. The van der Waals surface area contributed by atoms with Crippen molar-refractivity contribution in [1.29, 1.82) is 0 Å². The lowest BCUT2D eigenvalue weighted by Gasteiger charge is -2.38. The number of carbonyl (C=O) groups excluding carboxylic acids is 1. The summed E-state index contributed by atoms with van der Waals surface area (Å²) in [5, 5.41) is 8.04. The topological polar surface area (TPSA) is 58.2 Å². The van der Waals surface area contributed by atoms with Crippen molar-refractivity contribution in [1.82, 2.24) is 15.1 Å². The van der Waals surface area contributed by atoms with E-state index >= 15 is 0 Å². The molecule has 1 aliphatic rings. The molecule has 1 N–H and O–H groups in total. The smallest absolute Gasteiger partial charge is 0.256 e. The van der Waals surface area contributed by atoms with E-state index < -0.39 is 0 Å². The van der Waals surface area contributed by atoms with Crippen molar-refractivity contribution in [3.63, 3.8) is 0 Å². The van der Waals surface area contributed by atoms with Crippen LogP contribution in [0.15, 0.2) is 42.6 Å². The first-order valence-electron chi connectivity index (χ1n) is 8.96. The quantitative estimate of drug-likeness (QED) is 0.766. The van der Waals surface area contributed by atoms with E-state index in [1.165, 1.54) is 5.56 Å². The summed E-state index contributed by atoms with van der Waals surface area (Å²) >= 11 is 0. The van der Waals surface area contributed by atoms with Gasteiger partial charge in [-0.05, 0) is 49.6 Å². The van der Waals surface area contributed by atoms with Crippen LogP contribution in [0.1, 0.15) is 40.1 Å². The molecule has 1 amide bonds. The highest BCUT2D eigenvalue weighted by Crippen LogP contribution is 2.29. The first-order valence-corrected chi connectivity index (χ1v) is 8.96. The van der Waals surface area contributed by atoms with E-state index in [9.17, 15) is 4.79 Å². The number of ether oxygens (including phenoxy) is 1. The number of fused-ring (bicyclic) bond motifs is 1. The Kier molecular flexibility index (Phi) is 4.24. The number of carbonyl (C=O) groups is 1. The van der Waals surface area contributed by atoms with Crippen LogP contribution in [0.3, 0.4) is 0 Å². The number of aryl methyl sites for hydroxylation is 2. The zero-order chi connectivity index (χ0) is 18.3. The van der Waals surface area contributed by atoms with Crippen LogP contribution in [-0.2, 0) is 4.74 Å². The van der Waals surface area contributed by atoms with Gasteiger partial charge in [0.05, 0.1) is 36.5 Å². The van der Waals surface area contributed by atoms with E-state index in [-0.39, 0.29) is 18.1 Å². The molecule has 134 valence electrons. The van der Waals surface area contributed by atoms with Gasteiger partial charge >= 0.3 is 0 Å². The van der Waals surface area contributed by atoms with Crippen molar-refractivity contribution >= 4 is 16.8 Å². The number of nitrogens with one attached hydrogen (secondary N) is 1. The number of aromatic amines is 1. The second kappa shape index (κ2) is 6.57. The van der Waals surface area contributed by atoms with Gasteiger partial charge in [0.25, 0.3) is 5.91 Å². The molecule has 4 rings (SSSR count). The van der Waals surface area contributed by atoms with Gasteiger partial charge in [-0.25, -0.2) is 0 Å². The minimum absolute atomic E-state index is 0.0253. The second-order valence-corrected chi connectivity index (χ2v) is 7.13. The molecule has 0 spiro atoms. The number of aromatic nitrogens is 2. The van der Waals surface area contributed by atoms with Gasteiger partial charge in [0.1, 0.15) is 6.10 Å². The van der Waals surface area contributed by atoms with Crippen molar-refractivity contribution < 1.29 is 9.53 Å². The number of H-pyrrole nitrogens is 1. The van der Waals surface area contributed by atoms with Gasteiger partial charge in [-0.2, -0.15) is 5.10 Å². The van der Waals surface area contributed by atoms with Crippen LogP contribution in [0.25, 0.3) is 10.9 Å². The molecule has 5 heteroatoms. The number of amides is 1. The van der Waals surface area contributed by atoms with Crippen LogP contribution in [0.2, 0.25) is 0 Å². The van der Waals surface area contributed by atoms with Crippen LogP contribution in [0.5, 0.6) is 0 Å². The molecule has 3 aromatic rings. The van der Waals surface area contributed by atoms with E-state index in [1.807, 2.05) is 43.0 Å². The van der Waals surface area contributed by atoms with Crippen molar-refractivity contribution in [2.45, 2.75) is 32.9 Å². The van der Waals surface area contributed by atoms with E-state index in [4.69, 9.17) is 4.74 Å². The first kappa shape index (κ1) is 16.8. The molecule has 2 unspecified atom stereocenters. The Bertz CT molecular complexity index is 963. The van der Waals surface area contributed by atoms with E-state index in [0.29, 0.717) is 18.7 Å². The molecule has 1 saturated heterocycles. The van der Waals surface area contributed by atoms with E-state index in [0.717, 1.165) is 22.0 Å². The molecule has 2 aromatic carbocycles. The van der Waals surface area contributed by atoms with Gasteiger partial charge in [0.15, 0.2) is 0 Å². The molecule has 0 saturated carbocycles. The molecule has 2 atom stereocenters. The molecule has 26 heavy (non-hydrogen) atoms. The fourth-order valence-electron chi connectivity index (χ4n) is 3.71. The normalized spacial score (nSPS) is 20.5. The van der Waals surface area contributed by atoms with Crippen LogP contribution in [0, 0.1) is 13.8 Å². The van der Waals surface area contributed by atoms with E-state index in [1.54, 1.807) is 6.20 Å². The number of benzene rings is 2. The van der Waals surface area contributed by atoms with Gasteiger partial charge in [0, 0.05) is 5.39 Å². The summed E-state index contributed by atoms with van der Waals surface area (Å²) in [6.07, 6.45) is 1.66. The number of hydrogen-bond donors (Lipinski definition) is 1. The predicted molar refractivity (Wildman–Crippen MR) is 101 cm³/mol. The summed E-state index contributed by atoms with van der Waals surface area (Å²) in [7, 11) is 0. The summed E-state index contributed by atoms with van der Waals surface area (Å²) in [6, 6.07) is 12.2. The van der Waals surface area contributed by atoms with Crippen LogP contribution >= 0.6 is 0 Å². The van der Waals surface area contributed by atoms with Crippen LogP contribution < -0.4 is 0 Å². The third-order valence-corrected chi connectivity index (χ3v) is 5.15. The fraction of sp³-hybridized carbons (Fsp3) is 0.333. The second-order valence-electron chi connectivity index (χ2n) is 7.13. The van der Waals surface area contributed by atoms with Gasteiger partial charge in [-0.1, -0.05) is 24.3 Å². The molecule has 0 aliphatic carbocycles. The van der Waals surface area contributed by atoms with Crippen molar-refractivity contribution in [3.8, 4) is 0 Å². The van der Waals surface area contributed by atoms with E-state index in [2.05, 4.69) is 29.3 Å². The Labute approximate surface area is 153 Å². The SMILES string of the molecule is Cc1cc(C(=O)N2CC(c3ccccc3C)OCC2C)c2[nH]ncc2c1. The van der Waals surface area contributed by atoms with Gasteiger partial charge in [0.2, 0.25) is 0 Å². The van der Waals surface area contributed by atoms with Gasteiger partial charge in [-0.3, -0.25) is 9.89 Å². The average molecular weight is 349 g/mol. The molecule has 2 heterocycles. The minimum Gasteiger partial charge on any atom is -0.370 e. The maximum absolute atomic E-state index is 13.4. The highest BCUT2D eigenvalue weighted by Gasteiger charge is 2.32. The Balaban J connectivity index is 1.68. The highest BCUT2D eigenvalue weighted by molar-refractivity contribution is 6.05. The van der Waals surface area contributed by atoms with Crippen LogP contribution in [0.4, 0.5) is 0 Å². The van der Waals surface area contributed by atoms with Crippen molar-refractivity contribution in [3.05, 3.63) is 64.8 Å². The average Bonchev–Trinajstić information content (AvgIpc) is 3.10. The Morgan fingerprint density at radius 3 is 2.88 bits per heavy atom. The number of hydrogen-bond acceptors (Lipinski definition) is 3. The molecule has 5 nitrogen and oxygen atoms in total. The summed E-state index contributed by atoms with van der Waals surface area (Å²) < 4.78 is 6.06. The fourth-order valence-corrected chi connectivity index (χ4v) is 3.71. The summed E-state index contributed by atoms with van der Waals surface area (Å²) in [5.74, 6) is 0.0253. The van der Waals surface area contributed by atoms with Crippen molar-refractivity contribution in [2.24, 2.45) is 0 Å². The summed E-state index contributed by atoms with van der Waals surface area (Å²) in [6.45, 7) is 7.20. The minimum atomic E-state index is -0.0987. The Morgan fingerprint density at radius 1 is 1.27 bits per heavy atom. The summed E-state index contributed by atoms with van der Waals surface area (Å²) in [4.78, 5) is 15.3. The molecule has 1 aromatic heterocycles. The number of morpholine rings is 1. The zero-order valence-corrected chi connectivity index (χ0v) is 15.3. The molecular formula is C21H23N3O2. The maximum atomic E-state index is 13.4. The third kappa shape index (κ3) is 2.88. The largest absolute Gasteiger partial charge is 0.370 e. The molecule has 0 bridgehead atoms. The van der Waals surface area contributed by atoms with Crippen molar-refractivity contribution in [2.75, 3.05) is 13.2 Å². The highest BCUT2D eigenvalue weighted by atomic mass is 16.5. The lowest BCUT2D eigenvalue weighted by atomic mass is 10.00. The Morgan fingerprint density at radius 2 is 2.08 bits per heavy atom.